The van der Waals surface area contributed by atoms with Crippen LogP contribution in [0.15, 0.2) is 24.3 Å². The molecule has 1 aromatic rings. The molecule has 0 heterocycles. The van der Waals surface area contributed by atoms with Gasteiger partial charge in [0.05, 0.1) is 6.61 Å². The predicted molar refractivity (Wildman–Crippen MR) is 50.2 cm³/mol. The molecule has 0 aliphatic heterocycles. The summed E-state index contributed by atoms with van der Waals surface area (Å²) in [7, 11) is 0. The summed E-state index contributed by atoms with van der Waals surface area (Å²) in [6.45, 7) is -2.23. The molecule has 0 aliphatic rings. The van der Waals surface area contributed by atoms with E-state index in [-0.39, 0.29) is 5.56 Å². The Morgan fingerprint density at radius 1 is 1.40 bits per heavy atom. The van der Waals surface area contributed by atoms with Gasteiger partial charge in [-0.2, -0.15) is 0 Å². The molecule has 0 amide bonds. The molecule has 0 fully saturated rings. The second-order valence-corrected chi connectivity index (χ2v) is 3.30. The van der Waals surface area contributed by atoms with Gasteiger partial charge in [-0.05, 0) is 6.07 Å². The molecule has 0 bridgehead atoms. The quantitative estimate of drug-likeness (QED) is 0.801. The molecule has 15 heavy (non-hydrogen) atoms. The van der Waals surface area contributed by atoms with Crippen LogP contribution in [-0.2, 0) is 5.54 Å². The van der Waals surface area contributed by atoms with Crippen molar-refractivity contribution in [2.45, 2.75) is 11.7 Å². The minimum atomic E-state index is -2.12. The lowest BCUT2D eigenvalue weighted by Gasteiger charge is -2.29. The summed E-state index contributed by atoms with van der Waals surface area (Å²) in [5.41, 5.74) is 3.03. The third kappa shape index (κ3) is 2.13. The summed E-state index contributed by atoms with van der Waals surface area (Å²) in [5.74, 6) is -0.784. The summed E-state index contributed by atoms with van der Waals surface area (Å²) in [6, 6.07) is 5.09. The van der Waals surface area contributed by atoms with Crippen molar-refractivity contribution in [3.63, 3.8) is 0 Å². The number of alkyl halides is 2. The Morgan fingerprint density at radius 2 is 2.00 bits per heavy atom. The molecule has 0 spiro atoms. The normalized spacial score (nSPS) is 17.1. The highest BCUT2D eigenvalue weighted by Crippen LogP contribution is 2.27. The molecule has 0 radical (unpaired) electrons. The van der Waals surface area contributed by atoms with Crippen molar-refractivity contribution in [1.29, 1.82) is 0 Å². The number of aliphatic hydroxyl groups excluding tert-OH is 1. The molecule has 0 aliphatic carbocycles. The van der Waals surface area contributed by atoms with Crippen LogP contribution >= 0.6 is 0 Å². The fourth-order valence-corrected chi connectivity index (χ4v) is 1.33. The van der Waals surface area contributed by atoms with Crippen LogP contribution in [0.5, 0.6) is 0 Å². The maximum Gasteiger partial charge on any atom is 0.148 e. The number of aliphatic hydroxyl groups is 1. The van der Waals surface area contributed by atoms with Gasteiger partial charge in [0, 0.05) is 5.56 Å². The van der Waals surface area contributed by atoms with Crippen LogP contribution in [0, 0.1) is 5.82 Å². The van der Waals surface area contributed by atoms with E-state index in [0.717, 1.165) is 6.07 Å². The molecule has 5 heteroatoms. The molecule has 1 rings (SSSR count). The van der Waals surface area contributed by atoms with Gasteiger partial charge in [-0.25, -0.2) is 13.2 Å². The minimum absolute atomic E-state index is 0.269. The minimum Gasteiger partial charge on any atom is -0.393 e. The van der Waals surface area contributed by atoms with Crippen molar-refractivity contribution in [2.24, 2.45) is 5.73 Å². The van der Waals surface area contributed by atoms with Crippen molar-refractivity contribution in [3.8, 4) is 0 Å². The van der Waals surface area contributed by atoms with Gasteiger partial charge in [-0.15, -0.1) is 0 Å². The Bertz CT molecular complexity index is 334. The number of nitrogens with two attached hydrogens (primary N) is 1. The lowest BCUT2D eigenvalue weighted by atomic mass is 9.87. The number of benzene rings is 1. The Balaban J connectivity index is 3.17. The van der Waals surface area contributed by atoms with Gasteiger partial charge in [0.25, 0.3) is 0 Å². The highest BCUT2D eigenvalue weighted by molar-refractivity contribution is 5.27. The van der Waals surface area contributed by atoms with Crippen molar-refractivity contribution in [2.75, 3.05) is 13.3 Å². The molecular weight excluding hydrogens is 207 g/mol. The van der Waals surface area contributed by atoms with Crippen LogP contribution in [0.3, 0.4) is 0 Å². The van der Waals surface area contributed by atoms with Crippen LogP contribution in [0.1, 0.15) is 5.56 Å². The Hall–Kier alpha value is -1.07. The van der Waals surface area contributed by atoms with E-state index in [1.807, 2.05) is 0 Å². The second kappa shape index (κ2) is 4.63. The van der Waals surface area contributed by atoms with E-state index in [1.165, 1.54) is 18.2 Å². The smallest absolute Gasteiger partial charge is 0.148 e. The summed E-state index contributed by atoms with van der Waals surface area (Å²) in [4.78, 5) is 0. The topological polar surface area (TPSA) is 46.2 Å². The fraction of sp³-hybridized carbons (Fsp3) is 0.400. The van der Waals surface area contributed by atoms with Gasteiger partial charge in [-0.3, -0.25) is 0 Å². The van der Waals surface area contributed by atoms with Crippen LogP contribution in [0.4, 0.5) is 13.2 Å². The molecule has 0 saturated carbocycles. The number of hydrogen-bond donors (Lipinski definition) is 2. The van der Waals surface area contributed by atoms with E-state index in [9.17, 15) is 13.2 Å². The third-order valence-electron chi connectivity index (χ3n) is 2.32. The lowest BCUT2D eigenvalue weighted by Crippen LogP contribution is -2.50. The van der Waals surface area contributed by atoms with E-state index < -0.39 is 30.8 Å². The molecule has 2 nitrogen and oxygen atoms in total. The highest BCUT2D eigenvalue weighted by atomic mass is 19.1. The van der Waals surface area contributed by atoms with E-state index in [2.05, 4.69) is 0 Å². The predicted octanol–water partition coefficient (Wildman–Crippen LogP) is 1.28. The lowest BCUT2D eigenvalue weighted by molar-refractivity contribution is 0.0842. The molecular formula is C10H12F3NO. The number of halogens is 3. The number of rotatable bonds is 4. The maximum atomic E-state index is 13.3. The van der Waals surface area contributed by atoms with Crippen molar-refractivity contribution < 1.29 is 18.3 Å². The van der Waals surface area contributed by atoms with E-state index in [1.54, 1.807) is 0 Å². The average Bonchev–Trinajstić information content (AvgIpc) is 2.27. The first kappa shape index (κ1) is 12.0. The fourth-order valence-electron chi connectivity index (χ4n) is 1.33. The third-order valence-corrected chi connectivity index (χ3v) is 2.32. The maximum absolute atomic E-state index is 13.3. The van der Waals surface area contributed by atoms with Gasteiger partial charge in [-0.1, -0.05) is 18.2 Å². The van der Waals surface area contributed by atoms with Crippen molar-refractivity contribution in [1.82, 2.24) is 0 Å². The molecule has 0 saturated heterocycles. The van der Waals surface area contributed by atoms with Gasteiger partial charge < -0.3 is 10.8 Å². The second-order valence-electron chi connectivity index (χ2n) is 3.30. The first-order chi connectivity index (χ1) is 7.06. The van der Waals surface area contributed by atoms with Crippen LogP contribution in [0.2, 0.25) is 0 Å². The molecule has 1 aromatic carbocycles. The first-order valence-electron chi connectivity index (χ1n) is 4.41. The molecule has 3 N–H and O–H groups in total. The summed E-state index contributed by atoms with van der Waals surface area (Å²) in [5, 5.41) is 8.61. The summed E-state index contributed by atoms with van der Waals surface area (Å²) < 4.78 is 39.2. The summed E-state index contributed by atoms with van der Waals surface area (Å²) in [6.07, 6.45) is -2.04. The van der Waals surface area contributed by atoms with E-state index >= 15 is 0 Å². The van der Waals surface area contributed by atoms with Crippen LogP contribution in [-0.4, -0.2) is 24.6 Å². The largest absolute Gasteiger partial charge is 0.393 e. The van der Waals surface area contributed by atoms with Crippen molar-refractivity contribution in [3.05, 3.63) is 35.6 Å². The molecule has 2 unspecified atom stereocenters. The monoisotopic (exact) mass is 219 g/mol. The van der Waals surface area contributed by atoms with E-state index in [0.29, 0.717) is 0 Å². The van der Waals surface area contributed by atoms with Crippen LogP contribution < -0.4 is 5.73 Å². The zero-order chi connectivity index (χ0) is 11.5. The summed E-state index contributed by atoms with van der Waals surface area (Å²) >= 11 is 0. The van der Waals surface area contributed by atoms with Crippen molar-refractivity contribution >= 4 is 0 Å². The van der Waals surface area contributed by atoms with Gasteiger partial charge in [0.1, 0.15) is 24.2 Å². The Kier molecular flexibility index (Phi) is 3.71. The van der Waals surface area contributed by atoms with Gasteiger partial charge >= 0.3 is 0 Å². The Morgan fingerprint density at radius 3 is 2.47 bits per heavy atom. The number of hydrogen-bond acceptors (Lipinski definition) is 2. The Labute approximate surface area is 85.5 Å². The standard InChI is InChI=1S/C10H12F3NO/c11-6-10(14,9(13)5-15)7-3-1-2-4-8(7)12/h1-4,9,15H,5-6,14H2. The van der Waals surface area contributed by atoms with Crippen LogP contribution in [0.25, 0.3) is 0 Å². The van der Waals surface area contributed by atoms with E-state index in [4.69, 9.17) is 10.8 Å². The first-order valence-corrected chi connectivity index (χ1v) is 4.41. The SMILES string of the molecule is NC(CF)(c1ccccc1F)C(F)CO. The molecule has 2 atom stereocenters. The zero-order valence-corrected chi connectivity index (χ0v) is 7.96. The average molecular weight is 219 g/mol. The highest BCUT2D eigenvalue weighted by Gasteiger charge is 2.39. The zero-order valence-electron chi connectivity index (χ0n) is 7.96. The van der Waals surface area contributed by atoms with Gasteiger partial charge in [0.2, 0.25) is 0 Å². The molecule has 0 aromatic heterocycles. The van der Waals surface area contributed by atoms with Gasteiger partial charge in [0.15, 0.2) is 0 Å². The molecule has 84 valence electrons.